The lowest BCUT2D eigenvalue weighted by molar-refractivity contribution is 0.102. The first-order chi connectivity index (χ1) is 11.7. The van der Waals surface area contributed by atoms with E-state index in [4.69, 9.17) is 0 Å². The second kappa shape index (κ2) is 5.88. The maximum atomic E-state index is 13.4. The summed E-state index contributed by atoms with van der Waals surface area (Å²) in [7, 11) is 0. The predicted molar refractivity (Wildman–Crippen MR) is 86.9 cm³/mol. The van der Waals surface area contributed by atoms with Crippen LogP contribution in [0.3, 0.4) is 0 Å². The van der Waals surface area contributed by atoms with Gasteiger partial charge in [0.2, 0.25) is 0 Å². The van der Waals surface area contributed by atoms with Crippen LogP contribution in [-0.4, -0.2) is 44.8 Å². The number of amides is 1. The largest absolute Gasteiger partial charge is 0.352 e. The van der Waals surface area contributed by atoms with Crippen molar-refractivity contribution in [3.05, 3.63) is 48.5 Å². The van der Waals surface area contributed by atoms with Crippen LogP contribution in [0.4, 0.5) is 15.9 Å². The standard InChI is InChI=1S/C16H15FN6O/c17-11-5-7-22(10-11)15-4-3-14-19-9-13(23(14)21-15)16(24)20-12-2-1-6-18-8-12/h1-4,6,8-9,11H,5,7,10H2,(H,20,24)/t11-/m0/s1. The van der Waals surface area contributed by atoms with E-state index in [2.05, 4.69) is 20.4 Å². The molecular weight excluding hydrogens is 311 g/mol. The Labute approximate surface area is 137 Å². The molecule has 1 amide bonds. The van der Waals surface area contributed by atoms with Crippen LogP contribution in [-0.2, 0) is 0 Å². The van der Waals surface area contributed by atoms with Crippen molar-refractivity contribution < 1.29 is 9.18 Å². The molecular formula is C16H15FN6O. The summed E-state index contributed by atoms with van der Waals surface area (Å²) in [4.78, 5) is 22.5. The van der Waals surface area contributed by atoms with Crippen LogP contribution in [0.25, 0.3) is 5.65 Å². The van der Waals surface area contributed by atoms with Gasteiger partial charge in [0.25, 0.3) is 5.91 Å². The van der Waals surface area contributed by atoms with Gasteiger partial charge in [0.15, 0.2) is 11.3 Å². The number of hydrogen-bond acceptors (Lipinski definition) is 5. The smallest absolute Gasteiger partial charge is 0.276 e. The lowest BCUT2D eigenvalue weighted by Crippen LogP contribution is -2.22. The van der Waals surface area contributed by atoms with E-state index in [1.165, 1.54) is 10.7 Å². The average molecular weight is 326 g/mol. The molecule has 1 aliphatic rings. The molecule has 1 N–H and O–H groups in total. The lowest BCUT2D eigenvalue weighted by Gasteiger charge is -2.16. The van der Waals surface area contributed by atoms with Crippen LogP contribution < -0.4 is 10.2 Å². The summed E-state index contributed by atoms with van der Waals surface area (Å²) in [6, 6.07) is 7.05. The van der Waals surface area contributed by atoms with Crippen molar-refractivity contribution in [1.82, 2.24) is 19.6 Å². The molecule has 1 saturated heterocycles. The van der Waals surface area contributed by atoms with E-state index in [-0.39, 0.29) is 5.91 Å². The Hall–Kier alpha value is -3.03. The summed E-state index contributed by atoms with van der Waals surface area (Å²) in [5, 5.41) is 7.21. The lowest BCUT2D eigenvalue weighted by atomic mass is 10.3. The van der Waals surface area contributed by atoms with Crippen molar-refractivity contribution in [3.63, 3.8) is 0 Å². The summed E-state index contributed by atoms with van der Waals surface area (Å²) >= 11 is 0. The van der Waals surface area contributed by atoms with Gasteiger partial charge >= 0.3 is 0 Å². The Bertz CT molecular complexity index is 881. The number of alkyl halides is 1. The fourth-order valence-electron chi connectivity index (χ4n) is 2.74. The highest BCUT2D eigenvalue weighted by molar-refractivity contribution is 6.03. The van der Waals surface area contributed by atoms with Gasteiger partial charge in [0, 0.05) is 12.7 Å². The van der Waals surface area contributed by atoms with Crippen molar-refractivity contribution in [1.29, 1.82) is 0 Å². The Morgan fingerprint density at radius 1 is 1.29 bits per heavy atom. The summed E-state index contributed by atoms with van der Waals surface area (Å²) in [6.45, 7) is 0.940. The fourth-order valence-corrected chi connectivity index (χ4v) is 2.74. The minimum atomic E-state index is -0.835. The van der Waals surface area contributed by atoms with Crippen LogP contribution >= 0.6 is 0 Å². The molecule has 1 fully saturated rings. The molecule has 1 aliphatic heterocycles. The zero-order valence-corrected chi connectivity index (χ0v) is 12.8. The third-order valence-electron chi connectivity index (χ3n) is 3.96. The molecule has 8 heteroatoms. The van der Waals surface area contributed by atoms with Gasteiger partial charge in [-0.3, -0.25) is 9.78 Å². The molecule has 3 aromatic heterocycles. The monoisotopic (exact) mass is 326 g/mol. The molecule has 7 nitrogen and oxygen atoms in total. The van der Waals surface area contributed by atoms with E-state index in [9.17, 15) is 9.18 Å². The van der Waals surface area contributed by atoms with Crippen molar-refractivity contribution in [2.24, 2.45) is 0 Å². The van der Waals surface area contributed by atoms with E-state index >= 15 is 0 Å². The van der Waals surface area contributed by atoms with Crippen LogP contribution in [0.2, 0.25) is 0 Å². The highest BCUT2D eigenvalue weighted by Crippen LogP contribution is 2.20. The van der Waals surface area contributed by atoms with Gasteiger partial charge in [0.1, 0.15) is 12.0 Å². The third-order valence-corrected chi connectivity index (χ3v) is 3.96. The summed E-state index contributed by atoms with van der Waals surface area (Å²) in [6.07, 6.45) is 4.33. The molecule has 0 radical (unpaired) electrons. The van der Waals surface area contributed by atoms with E-state index in [0.29, 0.717) is 42.4 Å². The van der Waals surface area contributed by atoms with Crippen LogP contribution in [0.5, 0.6) is 0 Å². The Morgan fingerprint density at radius 2 is 2.21 bits per heavy atom. The molecule has 122 valence electrons. The highest BCUT2D eigenvalue weighted by Gasteiger charge is 2.24. The average Bonchev–Trinajstić information content (AvgIpc) is 3.21. The predicted octanol–water partition coefficient (Wildman–Crippen LogP) is 1.92. The Balaban J connectivity index is 1.64. The zero-order valence-electron chi connectivity index (χ0n) is 12.8. The first kappa shape index (κ1) is 14.6. The molecule has 1 atom stereocenters. The summed E-state index contributed by atoms with van der Waals surface area (Å²) in [5.41, 5.74) is 1.46. The fraction of sp³-hybridized carbons (Fsp3) is 0.250. The third kappa shape index (κ3) is 2.66. The van der Waals surface area contributed by atoms with E-state index in [1.54, 1.807) is 36.7 Å². The summed E-state index contributed by atoms with van der Waals surface area (Å²) in [5.74, 6) is 0.306. The molecule has 0 aromatic carbocycles. The number of aromatic nitrogens is 4. The van der Waals surface area contributed by atoms with E-state index in [1.807, 2.05) is 4.90 Å². The van der Waals surface area contributed by atoms with Crippen molar-refractivity contribution in [2.75, 3.05) is 23.3 Å². The molecule has 0 spiro atoms. The van der Waals surface area contributed by atoms with Gasteiger partial charge < -0.3 is 10.2 Å². The molecule has 4 rings (SSSR count). The number of fused-ring (bicyclic) bond motifs is 1. The Morgan fingerprint density at radius 3 is 2.96 bits per heavy atom. The van der Waals surface area contributed by atoms with Crippen LogP contribution in [0, 0.1) is 0 Å². The minimum Gasteiger partial charge on any atom is -0.352 e. The molecule has 3 aromatic rings. The molecule has 0 saturated carbocycles. The number of hydrogen-bond donors (Lipinski definition) is 1. The van der Waals surface area contributed by atoms with Gasteiger partial charge in [-0.05, 0) is 30.7 Å². The van der Waals surface area contributed by atoms with Gasteiger partial charge in [-0.2, -0.15) is 0 Å². The van der Waals surface area contributed by atoms with Crippen molar-refractivity contribution in [2.45, 2.75) is 12.6 Å². The molecule has 24 heavy (non-hydrogen) atoms. The molecule has 0 unspecified atom stereocenters. The topological polar surface area (TPSA) is 75.4 Å². The van der Waals surface area contributed by atoms with E-state index in [0.717, 1.165) is 0 Å². The number of nitrogens with one attached hydrogen (secondary N) is 1. The number of rotatable bonds is 3. The van der Waals surface area contributed by atoms with E-state index < -0.39 is 6.17 Å². The number of anilines is 2. The number of nitrogens with zero attached hydrogens (tertiary/aromatic N) is 5. The van der Waals surface area contributed by atoms with Crippen molar-refractivity contribution >= 4 is 23.1 Å². The molecule has 4 heterocycles. The first-order valence-electron chi connectivity index (χ1n) is 7.66. The highest BCUT2D eigenvalue weighted by atomic mass is 19.1. The SMILES string of the molecule is O=C(Nc1cccnc1)c1cnc2ccc(N3CC[C@H](F)C3)nn12. The number of imidazole rings is 1. The summed E-state index contributed by atoms with van der Waals surface area (Å²) < 4.78 is 14.9. The number of carbonyl (C=O) groups excluding carboxylic acids is 1. The number of carbonyl (C=O) groups is 1. The Kier molecular flexibility index (Phi) is 3.56. The molecule has 0 bridgehead atoms. The number of pyridine rings is 1. The quantitative estimate of drug-likeness (QED) is 0.796. The normalized spacial score (nSPS) is 17.4. The van der Waals surface area contributed by atoms with Crippen LogP contribution in [0.15, 0.2) is 42.9 Å². The molecule has 0 aliphatic carbocycles. The number of halogens is 1. The second-order valence-corrected chi connectivity index (χ2v) is 5.63. The second-order valence-electron chi connectivity index (χ2n) is 5.63. The van der Waals surface area contributed by atoms with Gasteiger partial charge in [-0.25, -0.2) is 13.9 Å². The first-order valence-corrected chi connectivity index (χ1v) is 7.66. The van der Waals surface area contributed by atoms with Gasteiger partial charge in [-0.1, -0.05) is 0 Å². The van der Waals surface area contributed by atoms with Gasteiger partial charge in [-0.15, -0.1) is 5.10 Å². The maximum Gasteiger partial charge on any atom is 0.276 e. The van der Waals surface area contributed by atoms with Crippen molar-refractivity contribution in [3.8, 4) is 0 Å². The zero-order chi connectivity index (χ0) is 16.5. The maximum absolute atomic E-state index is 13.4. The van der Waals surface area contributed by atoms with Gasteiger partial charge in [0.05, 0.1) is 24.6 Å². The minimum absolute atomic E-state index is 0.312. The van der Waals surface area contributed by atoms with Crippen LogP contribution in [0.1, 0.15) is 16.9 Å².